The third-order valence-corrected chi connectivity index (χ3v) is 6.64. The number of rotatable bonds is 6. The predicted molar refractivity (Wildman–Crippen MR) is 149 cm³/mol. The molecular formula is C30H26F3N5O4. The first-order chi connectivity index (χ1) is 19.9. The van der Waals surface area contributed by atoms with Crippen LogP contribution in [0.25, 0.3) is 11.1 Å². The molecule has 2 heterocycles. The van der Waals surface area contributed by atoms with Crippen molar-refractivity contribution in [2.45, 2.75) is 12.1 Å². The van der Waals surface area contributed by atoms with E-state index in [4.69, 9.17) is 15.2 Å². The zero-order valence-electron chi connectivity index (χ0n) is 23.1. The van der Waals surface area contributed by atoms with Gasteiger partial charge in [0, 0.05) is 31.5 Å². The van der Waals surface area contributed by atoms with Crippen molar-refractivity contribution in [3.05, 3.63) is 101 Å². The summed E-state index contributed by atoms with van der Waals surface area (Å²) in [7, 11) is 5.53. The third-order valence-electron chi connectivity index (χ3n) is 6.64. The maximum absolute atomic E-state index is 13.6. The molecule has 0 saturated heterocycles. The van der Waals surface area contributed by atoms with Crippen LogP contribution in [0.3, 0.4) is 0 Å². The first-order valence-electron chi connectivity index (χ1n) is 12.4. The molecule has 1 aliphatic rings. The number of anilines is 2. The van der Waals surface area contributed by atoms with Gasteiger partial charge in [0.25, 0.3) is 0 Å². The van der Waals surface area contributed by atoms with Crippen LogP contribution >= 0.6 is 0 Å². The number of alkyl halides is 3. The SMILES string of the molecule is COC(=O)C1=C(C(=O)OC)N(c2cccc(-c3cc(C(F)(F)F)cnc3N(C)C)c2)C(N)=C(C#N)C1c1ccccc1. The molecule has 0 radical (unpaired) electrons. The molecule has 9 nitrogen and oxygen atoms in total. The fraction of sp³-hybridized carbons (Fsp3) is 0.200. The third kappa shape index (κ3) is 5.36. The van der Waals surface area contributed by atoms with E-state index in [0.717, 1.165) is 26.5 Å². The molecule has 3 aromatic rings. The number of esters is 2. The first kappa shape index (κ1) is 29.7. The average molecular weight is 578 g/mol. The Morgan fingerprint density at radius 1 is 1.02 bits per heavy atom. The molecule has 216 valence electrons. The summed E-state index contributed by atoms with van der Waals surface area (Å²) >= 11 is 0. The van der Waals surface area contributed by atoms with Crippen LogP contribution in [0.2, 0.25) is 0 Å². The largest absolute Gasteiger partial charge is 0.466 e. The number of nitrogens with zero attached hydrogens (tertiary/aromatic N) is 4. The lowest BCUT2D eigenvalue weighted by Gasteiger charge is -2.36. The highest BCUT2D eigenvalue weighted by molar-refractivity contribution is 6.06. The fourth-order valence-electron chi connectivity index (χ4n) is 4.78. The zero-order chi connectivity index (χ0) is 30.8. The number of ether oxygens (including phenoxy) is 2. The fourth-order valence-corrected chi connectivity index (χ4v) is 4.78. The van der Waals surface area contributed by atoms with E-state index < -0.39 is 29.6 Å². The first-order valence-corrected chi connectivity index (χ1v) is 12.4. The summed E-state index contributed by atoms with van der Waals surface area (Å²) in [5.41, 5.74) is 6.17. The second kappa shape index (κ2) is 11.7. The zero-order valence-corrected chi connectivity index (χ0v) is 23.1. The Morgan fingerprint density at radius 3 is 2.26 bits per heavy atom. The maximum atomic E-state index is 13.6. The van der Waals surface area contributed by atoms with Crippen molar-refractivity contribution in [1.82, 2.24) is 4.98 Å². The Kier molecular flexibility index (Phi) is 8.24. The van der Waals surface area contributed by atoms with Gasteiger partial charge in [-0.1, -0.05) is 42.5 Å². The van der Waals surface area contributed by atoms with Gasteiger partial charge in [-0.2, -0.15) is 18.4 Å². The minimum absolute atomic E-state index is 0.0469. The van der Waals surface area contributed by atoms with Crippen molar-refractivity contribution >= 4 is 23.4 Å². The quantitative estimate of drug-likeness (QED) is 0.415. The van der Waals surface area contributed by atoms with Crippen molar-refractivity contribution in [3.8, 4) is 17.2 Å². The smallest absolute Gasteiger partial charge is 0.417 e. The second-order valence-electron chi connectivity index (χ2n) is 9.37. The average Bonchev–Trinajstić information content (AvgIpc) is 2.99. The number of halogens is 3. The van der Waals surface area contributed by atoms with E-state index in [1.165, 1.54) is 17.0 Å². The Hall–Kier alpha value is -5.31. The van der Waals surface area contributed by atoms with Crippen molar-refractivity contribution in [1.29, 1.82) is 5.26 Å². The van der Waals surface area contributed by atoms with Gasteiger partial charge in [-0.05, 0) is 29.3 Å². The molecule has 0 bridgehead atoms. The highest BCUT2D eigenvalue weighted by atomic mass is 19.4. The molecule has 4 rings (SSSR count). The van der Waals surface area contributed by atoms with Gasteiger partial charge in [0.1, 0.15) is 17.3 Å². The Morgan fingerprint density at radius 2 is 1.69 bits per heavy atom. The van der Waals surface area contributed by atoms with Gasteiger partial charge < -0.3 is 20.1 Å². The number of nitrogens with two attached hydrogens (primary N) is 1. The van der Waals surface area contributed by atoms with E-state index in [2.05, 4.69) is 11.1 Å². The summed E-state index contributed by atoms with van der Waals surface area (Å²) in [6.45, 7) is 0. The van der Waals surface area contributed by atoms with E-state index in [1.54, 1.807) is 61.5 Å². The number of benzene rings is 2. The van der Waals surface area contributed by atoms with Gasteiger partial charge in [-0.25, -0.2) is 14.6 Å². The molecule has 1 unspecified atom stereocenters. The van der Waals surface area contributed by atoms with Crippen molar-refractivity contribution in [2.24, 2.45) is 5.73 Å². The minimum atomic E-state index is -4.64. The molecular weight excluding hydrogens is 551 g/mol. The molecule has 0 amide bonds. The Labute approximate surface area is 239 Å². The molecule has 0 saturated carbocycles. The van der Waals surface area contributed by atoms with Gasteiger partial charge in [-0.3, -0.25) is 4.90 Å². The molecule has 1 aliphatic heterocycles. The van der Waals surface area contributed by atoms with E-state index in [0.29, 0.717) is 11.1 Å². The topological polar surface area (TPSA) is 122 Å². The van der Waals surface area contributed by atoms with Crippen LogP contribution in [0.5, 0.6) is 0 Å². The van der Waals surface area contributed by atoms with Crippen LogP contribution in [0.1, 0.15) is 17.0 Å². The van der Waals surface area contributed by atoms with Crippen LogP contribution in [-0.4, -0.2) is 45.2 Å². The molecule has 0 fully saturated rings. The highest BCUT2D eigenvalue weighted by Gasteiger charge is 2.43. The van der Waals surface area contributed by atoms with E-state index in [9.17, 15) is 28.0 Å². The molecule has 42 heavy (non-hydrogen) atoms. The number of carbonyl (C=O) groups is 2. The molecule has 1 aromatic heterocycles. The summed E-state index contributed by atoms with van der Waals surface area (Å²) in [4.78, 5) is 33.3. The predicted octanol–water partition coefficient (Wildman–Crippen LogP) is 4.73. The summed E-state index contributed by atoms with van der Waals surface area (Å²) in [6, 6.07) is 17.6. The van der Waals surface area contributed by atoms with Crippen molar-refractivity contribution in [2.75, 3.05) is 38.1 Å². The standard InChI is InChI=1S/C30H26F3N5O4/c1-37(2)27-21(14-19(16-36-27)30(31,32)33)18-11-8-12-20(13-18)38-25(29(40)42-4)24(28(39)41-3)23(22(15-34)26(38)35)17-9-6-5-7-10-17/h5-14,16,23H,35H2,1-4H3. The Balaban J connectivity index is 2.03. The number of pyridine rings is 1. The molecule has 1 atom stereocenters. The highest BCUT2D eigenvalue weighted by Crippen LogP contribution is 2.44. The summed E-state index contributed by atoms with van der Waals surface area (Å²) in [5, 5.41) is 10.2. The lowest BCUT2D eigenvalue weighted by Crippen LogP contribution is -2.40. The number of hydrogen-bond acceptors (Lipinski definition) is 9. The normalized spacial score (nSPS) is 15.3. The van der Waals surface area contributed by atoms with Crippen molar-refractivity contribution in [3.63, 3.8) is 0 Å². The van der Waals surface area contributed by atoms with Gasteiger partial charge >= 0.3 is 18.1 Å². The number of carbonyl (C=O) groups excluding carboxylic acids is 2. The van der Waals surface area contributed by atoms with E-state index in [-0.39, 0.29) is 39.7 Å². The molecule has 0 aliphatic carbocycles. The lowest BCUT2D eigenvalue weighted by atomic mass is 9.81. The van der Waals surface area contributed by atoms with Crippen LogP contribution < -0.4 is 15.5 Å². The number of hydrogen-bond donors (Lipinski definition) is 1. The van der Waals surface area contributed by atoms with Crippen LogP contribution in [0.15, 0.2) is 89.5 Å². The number of nitriles is 1. The Bertz CT molecular complexity index is 1640. The lowest BCUT2D eigenvalue weighted by molar-refractivity contribution is -0.139. The summed E-state index contributed by atoms with van der Waals surface area (Å²) in [6.07, 6.45) is -3.90. The van der Waals surface area contributed by atoms with Gasteiger partial charge in [0.05, 0.1) is 42.9 Å². The van der Waals surface area contributed by atoms with Gasteiger partial charge in [0.2, 0.25) is 0 Å². The maximum Gasteiger partial charge on any atom is 0.417 e. The van der Waals surface area contributed by atoms with Gasteiger partial charge in [-0.15, -0.1) is 0 Å². The van der Waals surface area contributed by atoms with E-state index in [1.807, 2.05) is 0 Å². The van der Waals surface area contributed by atoms with E-state index >= 15 is 0 Å². The molecule has 12 heteroatoms. The van der Waals surface area contributed by atoms with Crippen molar-refractivity contribution < 1.29 is 32.2 Å². The number of aromatic nitrogens is 1. The molecule has 2 aromatic carbocycles. The van der Waals surface area contributed by atoms with Crippen LogP contribution in [0, 0.1) is 11.3 Å². The monoisotopic (exact) mass is 577 g/mol. The number of allylic oxidation sites excluding steroid dienone is 1. The molecule has 0 spiro atoms. The van der Waals surface area contributed by atoms with Crippen LogP contribution in [0.4, 0.5) is 24.7 Å². The van der Waals surface area contributed by atoms with Gasteiger partial charge in [0.15, 0.2) is 0 Å². The minimum Gasteiger partial charge on any atom is -0.466 e. The number of methoxy groups -OCH3 is 2. The summed E-state index contributed by atoms with van der Waals surface area (Å²) < 4.78 is 50.9. The van der Waals surface area contributed by atoms with Crippen LogP contribution in [-0.2, 0) is 25.2 Å². The second-order valence-corrected chi connectivity index (χ2v) is 9.37. The summed E-state index contributed by atoms with van der Waals surface area (Å²) in [5.74, 6) is -2.83. The molecule has 2 N–H and O–H groups in total.